The molecule has 0 heterocycles. The van der Waals surface area contributed by atoms with Gasteiger partial charge in [0.05, 0.1) is 4.92 Å². The Labute approximate surface area is 119 Å². The number of nitrogens with zero attached hydrogens (tertiary/aromatic N) is 2. The minimum absolute atomic E-state index is 0.272. The smallest absolute Gasteiger partial charge is 0.258 e. The maximum atomic E-state index is 12.6. The fourth-order valence-corrected chi connectivity index (χ4v) is 3.44. The van der Waals surface area contributed by atoms with E-state index in [1.54, 1.807) is 6.92 Å². The number of para-hydroxylation sites is 1. The van der Waals surface area contributed by atoms with Crippen molar-refractivity contribution in [1.29, 1.82) is 0 Å². The Morgan fingerprint density at radius 1 is 1.25 bits per heavy atom. The molecule has 1 aromatic carbocycles. The molecule has 0 saturated carbocycles. The lowest BCUT2D eigenvalue weighted by Gasteiger charge is -2.34. The first-order chi connectivity index (χ1) is 8.99. The monoisotopic (exact) mass is 300 g/mol. The van der Waals surface area contributed by atoms with Gasteiger partial charge in [-0.1, -0.05) is 32.9 Å². The summed E-state index contributed by atoms with van der Waals surface area (Å²) >= 11 is 0. The zero-order valence-electron chi connectivity index (χ0n) is 12.3. The highest BCUT2D eigenvalue weighted by Gasteiger charge is 2.35. The lowest BCUT2D eigenvalue weighted by atomic mass is 9.88. The number of rotatable bonds is 4. The summed E-state index contributed by atoms with van der Waals surface area (Å²) in [7, 11) is -2.46. The molecule has 0 aliphatic rings. The molecule has 0 aromatic heterocycles. The predicted octanol–water partition coefficient (Wildman–Crippen LogP) is 2.65. The third-order valence-electron chi connectivity index (χ3n) is 3.52. The fourth-order valence-electron chi connectivity index (χ4n) is 1.73. The van der Waals surface area contributed by atoms with Crippen molar-refractivity contribution in [3.05, 3.63) is 34.4 Å². The van der Waals surface area contributed by atoms with E-state index in [4.69, 9.17) is 0 Å². The standard InChI is InChI=1S/C13H20N2O4S/c1-10(13(2,3)4)14(5)20(18,19)12-9-7-6-8-11(12)15(16)17/h6-10H,1-5H3. The van der Waals surface area contributed by atoms with Crippen LogP contribution in [0, 0.1) is 15.5 Å². The summed E-state index contributed by atoms with van der Waals surface area (Å²) in [5, 5.41) is 11.0. The molecule has 0 saturated heterocycles. The minimum Gasteiger partial charge on any atom is -0.258 e. The van der Waals surface area contributed by atoms with E-state index < -0.39 is 20.6 Å². The lowest BCUT2D eigenvalue weighted by Crippen LogP contribution is -2.43. The quantitative estimate of drug-likeness (QED) is 0.632. The van der Waals surface area contributed by atoms with Gasteiger partial charge in [-0.3, -0.25) is 10.1 Å². The van der Waals surface area contributed by atoms with Gasteiger partial charge in [0.1, 0.15) is 0 Å². The van der Waals surface area contributed by atoms with E-state index in [2.05, 4.69) is 0 Å². The minimum atomic E-state index is -3.91. The summed E-state index contributed by atoms with van der Waals surface area (Å²) in [5.74, 6) is 0. The van der Waals surface area contributed by atoms with Crippen molar-refractivity contribution in [2.45, 2.75) is 38.6 Å². The average molecular weight is 300 g/mol. The highest BCUT2D eigenvalue weighted by molar-refractivity contribution is 7.89. The van der Waals surface area contributed by atoms with E-state index in [9.17, 15) is 18.5 Å². The summed E-state index contributed by atoms with van der Waals surface area (Å²) in [6.45, 7) is 7.54. The number of nitro groups is 1. The molecule has 0 aliphatic carbocycles. The van der Waals surface area contributed by atoms with Gasteiger partial charge in [0, 0.05) is 19.2 Å². The second-order valence-electron chi connectivity index (χ2n) is 5.79. The third kappa shape index (κ3) is 3.16. The van der Waals surface area contributed by atoms with Crippen LogP contribution < -0.4 is 0 Å². The molecule has 0 fully saturated rings. The van der Waals surface area contributed by atoms with Crippen molar-refractivity contribution >= 4 is 15.7 Å². The van der Waals surface area contributed by atoms with Crippen molar-refractivity contribution in [2.24, 2.45) is 5.41 Å². The largest absolute Gasteiger partial charge is 0.289 e. The van der Waals surface area contributed by atoms with E-state index in [-0.39, 0.29) is 16.4 Å². The molecule has 1 aromatic rings. The SMILES string of the molecule is CC(N(C)S(=O)(=O)c1ccccc1[N+](=O)[O-])C(C)(C)C. The molecule has 20 heavy (non-hydrogen) atoms. The molecule has 1 rings (SSSR count). The number of hydrogen-bond acceptors (Lipinski definition) is 4. The number of sulfonamides is 1. The van der Waals surface area contributed by atoms with Crippen LogP contribution in [0.1, 0.15) is 27.7 Å². The summed E-state index contributed by atoms with van der Waals surface area (Å²) in [5.41, 5.74) is -0.675. The molecule has 0 aliphatic heterocycles. The van der Waals surface area contributed by atoms with Crippen LogP contribution in [-0.2, 0) is 10.0 Å². The van der Waals surface area contributed by atoms with Crippen molar-refractivity contribution in [1.82, 2.24) is 4.31 Å². The van der Waals surface area contributed by atoms with Gasteiger partial charge in [-0.25, -0.2) is 8.42 Å². The van der Waals surface area contributed by atoms with Gasteiger partial charge in [-0.15, -0.1) is 0 Å². The number of benzene rings is 1. The van der Waals surface area contributed by atoms with Crippen LogP contribution in [0.3, 0.4) is 0 Å². The molecule has 0 amide bonds. The molecular weight excluding hydrogens is 280 g/mol. The first-order valence-corrected chi connectivity index (χ1v) is 7.65. The van der Waals surface area contributed by atoms with Crippen LogP contribution in [0.4, 0.5) is 5.69 Å². The maximum Gasteiger partial charge on any atom is 0.289 e. The van der Waals surface area contributed by atoms with E-state index in [1.807, 2.05) is 20.8 Å². The van der Waals surface area contributed by atoms with Crippen molar-refractivity contribution in [3.63, 3.8) is 0 Å². The van der Waals surface area contributed by atoms with E-state index in [0.717, 1.165) is 0 Å². The normalized spacial score (nSPS) is 14.3. The molecule has 0 N–H and O–H groups in total. The lowest BCUT2D eigenvalue weighted by molar-refractivity contribution is -0.387. The summed E-state index contributed by atoms with van der Waals surface area (Å²) < 4.78 is 26.3. The summed E-state index contributed by atoms with van der Waals surface area (Å²) in [4.78, 5) is 10.0. The van der Waals surface area contributed by atoms with E-state index in [1.165, 1.54) is 35.6 Å². The average Bonchev–Trinajstić information content (AvgIpc) is 2.35. The van der Waals surface area contributed by atoms with Crippen LogP contribution >= 0.6 is 0 Å². The van der Waals surface area contributed by atoms with Crippen LogP contribution in [0.5, 0.6) is 0 Å². The van der Waals surface area contributed by atoms with E-state index in [0.29, 0.717) is 0 Å². The second-order valence-corrected chi connectivity index (χ2v) is 7.75. The first kappa shape index (κ1) is 16.6. The molecule has 1 atom stereocenters. The van der Waals surface area contributed by atoms with Crippen LogP contribution in [0.15, 0.2) is 29.2 Å². The Morgan fingerprint density at radius 2 is 1.75 bits per heavy atom. The second kappa shape index (κ2) is 5.49. The highest BCUT2D eigenvalue weighted by Crippen LogP contribution is 2.31. The topological polar surface area (TPSA) is 80.5 Å². The van der Waals surface area contributed by atoms with E-state index >= 15 is 0 Å². The fraction of sp³-hybridized carbons (Fsp3) is 0.538. The third-order valence-corrected chi connectivity index (χ3v) is 5.49. The van der Waals surface area contributed by atoms with Crippen LogP contribution in [0.25, 0.3) is 0 Å². The maximum absolute atomic E-state index is 12.6. The molecule has 112 valence electrons. The first-order valence-electron chi connectivity index (χ1n) is 6.21. The molecule has 0 spiro atoms. The number of hydrogen-bond donors (Lipinski definition) is 0. The number of nitro benzene ring substituents is 1. The molecule has 0 bridgehead atoms. The molecular formula is C13H20N2O4S. The Balaban J connectivity index is 3.35. The Kier molecular flexibility index (Phi) is 4.55. The molecule has 6 nitrogen and oxygen atoms in total. The van der Waals surface area contributed by atoms with Gasteiger partial charge >= 0.3 is 0 Å². The van der Waals surface area contributed by atoms with Gasteiger partial charge in [0.2, 0.25) is 10.0 Å². The van der Waals surface area contributed by atoms with Gasteiger partial charge in [0.15, 0.2) is 4.90 Å². The molecule has 7 heteroatoms. The van der Waals surface area contributed by atoms with Crippen LogP contribution in [-0.4, -0.2) is 30.7 Å². The Bertz CT molecular complexity index is 605. The van der Waals surface area contributed by atoms with Crippen molar-refractivity contribution in [3.8, 4) is 0 Å². The Morgan fingerprint density at radius 3 is 2.20 bits per heavy atom. The van der Waals surface area contributed by atoms with Crippen LogP contribution in [0.2, 0.25) is 0 Å². The zero-order chi connectivity index (χ0) is 15.7. The molecule has 1 unspecified atom stereocenters. The zero-order valence-corrected chi connectivity index (χ0v) is 13.1. The van der Waals surface area contributed by atoms with Crippen molar-refractivity contribution < 1.29 is 13.3 Å². The van der Waals surface area contributed by atoms with Gasteiger partial charge in [-0.05, 0) is 18.4 Å². The van der Waals surface area contributed by atoms with Crippen molar-refractivity contribution in [2.75, 3.05) is 7.05 Å². The van der Waals surface area contributed by atoms with Gasteiger partial charge < -0.3 is 0 Å². The van der Waals surface area contributed by atoms with Gasteiger partial charge in [0.25, 0.3) is 5.69 Å². The highest BCUT2D eigenvalue weighted by atomic mass is 32.2. The Hall–Kier alpha value is -1.47. The van der Waals surface area contributed by atoms with Gasteiger partial charge in [-0.2, -0.15) is 4.31 Å². The summed E-state index contributed by atoms with van der Waals surface area (Å²) in [6, 6.07) is 5.09. The predicted molar refractivity (Wildman–Crippen MR) is 77.0 cm³/mol. The molecule has 0 radical (unpaired) electrons. The summed E-state index contributed by atoms with van der Waals surface area (Å²) in [6.07, 6.45) is 0.